The Morgan fingerprint density at radius 2 is 1.84 bits per heavy atom. The van der Waals surface area contributed by atoms with E-state index in [1.807, 2.05) is 17.4 Å². The lowest BCUT2D eigenvalue weighted by atomic mass is 10.0. The molecule has 0 unspecified atom stereocenters. The summed E-state index contributed by atoms with van der Waals surface area (Å²) in [6, 6.07) is 19.2. The molecule has 0 amide bonds. The second kappa shape index (κ2) is 5.61. The summed E-state index contributed by atoms with van der Waals surface area (Å²) >= 11 is 3.54. The molecule has 0 saturated heterocycles. The van der Waals surface area contributed by atoms with Crippen LogP contribution in [0.5, 0.6) is 5.75 Å². The first kappa shape index (κ1) is 15.0. The number of ether oxygens (including phenoxy) is 1. The van der Waals surface area contributed by atoms with Gasteiger partial charge in [0.25, 0.3) is 0 Å². The van der Waals surface area contributed by atoms with Gasteiger partial charge in [-0.1, -0.05) is 30.3 Å². The minimum Gasteiger partial charge on any atom is -0.497 e. The lowest BCUT2D eigenvalue weighted by molar-refractivity contribution is 0.415. The molecular formula is C21H15NOS2. The van der Waals surface area contributed by atoms with Gasteiger partial charge in [0.2, 0.25) is 0 Å². The van der Waals surface area contributed by atoms with Crippen LogP contribution in [0, 0.1) is 0 Å². The molecular weight excluding hydrogens is 346 g/mol. The highest BCUT2D eigenvalue weighted by molar-refractivity contribution is 7.98. The van der Waals surface area contributed by atoms with Crippen molar-refractivity contribution in [1.82, 2.24) is 4.98 Å². The van der Waals surface area contributed by atoms with Gasteiger partial charge in [0.1, 0.15) is 10.8 Å². The van der Waals surface area contributed by atoms with E-state index in [1.165, 1.54) is 30.9 Å². The Morgan fingerprint density at radius 1 is 0.960 bits per heavy atom. The topological polar surface area (TPSA) is 22.1 Å². The highest BCUT2D eigenvalue weighted by Gasteiger charge is 2.16. The largest absolute Gasteiger partial charge is 0.497 e. The smallest absolute Gasteiger partial charge is 0.119 e. The lowest BCUT2D eigenvalue weighted by Crippen LogP contribution is -1.87. The summed E-state index contributed by atoms with van der Waals surface area (Å²) in [7, 11) is 1.71. The second-order valence-electron chi connectivity index (χ2n) is 5.97. The van der Waals surface area contributed by atoms with Gasteiger partial charge in [-0.15, -0.1) is 23.1 Å². The van der Waals surface area contributed by atoms with Crippen LogP contribution in [0.1, 0.15) is 0 Å². The Kier molecular flexibility index (Phi) is 3.37. The number of nitrogens with zero attached hydrogens (tertiary/aromatic N) is 1. The van der Waals surface area contributed by atoms with Gasteiger partial charge in [-0.2, -0.15) is 0 Å². The van der Waals surface area contributed by atoms with Crippen molar-refractivity contribution < 1.29 is 4.74 Å². The number of thiophene rings is 1. The van der Waals surface area contributed by atoms with E-state index in [-0.39, 0.29) is 0 Å². The van der Waals surface area contributed by atoms with Crippen LogP contribution in [-0.2, 0) is 0 Å². The number of aromatic nitrogens is 1. The molecule has 0 radical (unpaired) electrons. The first-order valence-electron chi connectivity index (χ1n) is 8.06. The van der Waals surface area contributed by atoms with E-state index in [0.29, 0.717) is 0 Å². The molecule has 5 aromatic rings. The number of methoxy groups -OCH3 is 1. The number of pyridine rings is 1. The molecule has 122 valence electrons. The number of thioether (sulfide) groups is 1. The third kappa shape index (κ3) is 2.14. The Hall–Kier alpha value is -2.30. The number of benzene rings is 3. The minimum atomic E-state index is 0.868. The van der Waals surface area contributed by atoms with Gasteiger partial charge in [-0.05, 0) is 41.3 Å². The number of hydrogen-bond acceptors (Lipinski definition) is 4. The quantitative estimate of drug-likeness (QED) is 0.336. The minimum absolute atomic E-state index is 0.868. The predicted octanol–water partition coefficient (Wildman–Crippen LogP) is 6.49. The fourth-order valence-corrected chi connectivity index (χ4v) is 5.48. The summed E-state index contributed by atoms with van der Waals surface area (Å²) in [4.78, 5) is 4.89. The van der Waals surface area contributed by atoms with Gasteiger partial charge in [0.15, 0.2) is 0 Å². The van der Waals surface area contributed by atoms with Crippen LogP contribution in [0.4, 0.5) is 0 Å². The van der Waals surface area contributed by atoms with Crippen LogP contribution >= 0.6 is 23.1 Å². The first-order chi connectivity index (χ1) is 12.3. The maximum atomic E-state index is 5.47. The molecule has 0 saturated carbocycles. The van der Waals surface area contributed by atoms with Crippen molar-refractivity contribution in [3.8, 4) is 5.75 Å². The molecule has 2 nitrogen and oxygen atoms in total. The Bertz CT molecular complexity index is 1270. The number of rotatable bonds is 2. The van der Waals surface area contributed by atoms with E-state index >= 15 is 0 Å². The fourth-order valence-electron chi connectivity index (χ4n) is 3.51. The molecule has 0 spiro atoms. The van der Waals surface area contributed by atoms with Crippen molar-refractivity contribution in [2.24, 2.45) is 0 Å². The monoisotopic (exact) mass is 361 g/mol. The fraction of sp³-hybridized carbons (Fsp3) is 0.0952. The summed E-state index contributed by atoms with van der Waals surface area (Å²) in [6.07, 6.45) is 2.10. The van der Waals surface area contributed by atoms with Gasteiger partial charge in [0.05, 0.1) is 17.3 Å². The van der Waals surface area contributed by atoms with Crippen LogP contribution in [0.25, 0.3) is 41.8 Å². The van der Waals surface area contributed by atoms with Crippen molar-refractivity contribution in [2.45, 2.75) is 5.03 Å². The average molecular weight is 361 g/mol. The van der Waals surface area contributed by atoms with Crippen LogP contribution in [0.2, 0.25) is 0 Å². The van der Waals surface area contributed by atoms with Crippen molar-refractivity contribution in [2.75, 3.05) is 13.4 Å². The average Bonchev–Trinajstić information content (AvgIpc) is 3.07. The molecule has 0 bridgehead atoms. The maximum Gasteiger partial charge on any atom is 0.119 e. The second-order valence-corrected chi connectivity index (χ2v) is 7.82. The van der Waals surface area contributed by atoms with Crippen molar-refractivity contribution in [3.63, 3.8) is 0 Å². The van der Waals surface area contributed by atoms with E-state index in [0.717, 1.165) is 21.7 Å². The SMILES string of the molecule is COc1ccc2nc(SC)c3sc4ccc5ccccc5c4c3c2c1. The highest BCUT2D eigenvalue weighted by Crippen LogP contribution is 2.45. The van der Waals surface area contributed by atoms with Gasteiger partial charge >= 0.3 is 0 Å². The summed E-state index contributed by atoms with van der Waals surface area (Å²) in [5, 5.41) is 7.45. The molecule has 5 rings (SSSR count). The molecule has 0 fully saturated rings. The summed E-state index contributed by atoms with van der Waals surface area (Å²) in [5.74, 6) is 0.868. The molecule has 0 aliphatic rings. The third-order valence-corrected chi connectivity index (χ3v) is 6.64. The first-order valence-corrected chi connectivity index (χ1v) is 10.1. The Labute approximate surface area is 153 Å². The molecule has 25 heavy (non-hydrogen) atoms. The van der Waals surface area contributed by atoms with Crippen LogP contribution in [0.3, 0.4) is 0 Å². The zero-order chi connectivity index (χ0) is 17.0. The zero-order valence-electron chi connectivity index (χ0n) is 13.9. The van der Waals surface area contributed by atoms with Gasteiger partial charge < -0.3 is 4.74 Å². The number of fused-ring (bicyclic) bond motifs is 7. The normalized spacial score (nSPS) is 11.8. The van der Waals surface area contributed by atoms with E-state index in [2.05, 4.69) is 54.8 Å². The molecule has 0 atom stereocenters. The number of hydrogen-bond donors (Lipinski definition) is 0. The van der Waals surface area contributed by atoms with Crippen molar-refractivity contribution >= 4 is 64.9 Å². The summed E-state index contributed by atoms with van der Waals surface area (Å²) < 4.78 is 8.04. The molecule has 2 heterocycles. The summed E-state index contributed by atoms with van der Waals surface area (Å²) in [6.45, 7) is 0. The zero-order valence-corrected chi connectivity index (χ0v) is 15.5. The van der Waals surface area contributed by atoms with E-state index < -0.39 is 0 Å². The highest BCUT2D eigenvalue weighted by atomic mass is 32.2. The van der Waals surface area contributed by atoms with Crippen LogP contribution in [-0.4, -0.2) is 18.3 Å². The van der Waals surface area contributed by atoms with Gasteiger partial charge in [0, 0.05) is 20.9 Å². The molecule has 4 heteroatoms. The van der Waals surface area contributed by atoms with Crippen molar-refractivity contribution in [3.05, 3.63) is 54.6 Å². The van der Waals surface area contributed by atoms with E-state index in [9.17, 15) is 0 Å². The molecule has 3 aromatic carbocycles. The predicted molar refractivity (Wildman–Crippen MR) is 110 cm³/mol. The lowest BCUT2D eigenvalue weighted by Gasteiger charge is -2.07. The van der Waals surface area contributed by atoms with Crippen molar-refractivity contribution in [1.29, 1.82) is 0 Å². The maximum absolute atomic E-state index is 5.47. The van der Waals surface area contributed by atoms with Gasteiger partial charge in [-0.25, -0.2) is 4.98 Å². The third-order valence-electron chi connectivity index (χ3n) is 4.66. The Morgan fingerprint density at radius 3 is 2.68 bits per heavy atom. The molecule has 0 aliphatic carbocycles. The molecule has 0 aliphatic heterocycles. The standard InChI is InChI=1S/C21H15NOS2/c1-23-13-8-9-16-15(11-13)19-18-14-6-4-3-5-12(14)7-10-17(18)25-20(19)21(22-16)24-2/h3-11H,1-2H3. The Balaban J connectivity index is 2.11. The summed E-state index contributed by atoms with van der Waals surface area (Å²) in [5.41, 5.74) is 1.02. The van der Waals surface area contributed by atoms with E-state index in [1.54, 1.807) is 18.9 Å². The van der Waals surface area contributed by atoms with Crippen LogP contribution < -0.4 is 4.74 Å². The molecule has 0 N–H and O–H groups in total. The van der Waals surface area contributed by atoms with Gasteiger partial charge in [-0.3, -0.25) is 0 Å². The van der Waals surface area contributed by atoms with Crippen LogP contribution in [0.15, 0.2) is 59.6 Å². The van der Waals surface area contributed by atoms with E-state index in [4.69, 9.17) is 9.72 Å². The molecule has 2 aromatic heterocycles.